The number of nitrogens with two attached hydrogens (primary N) is 1. The highest BCUT2D eigenvalue weighted by Gasteiger charge is 2.09. The molecule has 0 amide bonds. The van der Waals surface area contributed by atoms with Gasteiger partial charge in [-0.15, -0.1) is 0 Å². The van der Waals surface area contributed by atoms with E-state index in [1.807, 2.05) is 0 Å². The number of rotatable bonds is 2. The molecule has 0 aliphatic carbocycles. The minimum absolute atomic E-state index is 0.0392. The quantitative estimate of drug-likeness (QED) is 0.542. The summed E-state index contributed by atoms with van der Waals surface area (Å²) >= 11 is 0. The Bertz CT molecular complexity index is 482. The SMILES string of the molecule is Cn1nnnc1Oc1cccc(O)c1N. The molecule has 0 aliphatic rings. The molecule has 0 saturated carbocycles. The first kappa shape index (κ1) is 9.25. The van der Waals surface area contributed by atoms with Gasteiger partial charge in [0.15, 0.2) is 5.75 Å². The number of aromatic hydroxyl groups is 1. The standard InChI is InChI=1S/C8H9N5O2/c1-13-8(10-11-12-13)15-6-4-2-3-5(14)7(6)9/h2-4,14H,9H2,1H3. The first-order chi connectivity index (χ1) is 7.18. The van der Waals surface area contributed by atoms with Gasteiger partial charge in [0.25, 0.3) is 0 Å². The number of tetrazole rings is 1. The molecule has 0 unspecified atom stereocenters. The monoisotopic (exact) mass is 207 g/mol. The summed E-state index contributed by atoms with van der Waals surface area (Å²) in [7, 11) is 1.63. The number of nitrogen functional groups attached to an aromatic ring is 1. The van der Waals surface area contributed by atoms with Crippen molar-refractivity contribution < 1.29 is 9.84 Å². The second-order valence-electron chi connectivity index (χ2n) is 2.88. The lowest BCUT2D eigenvalue weighted by Gasteiger charge is -2.06. The molecule has 7 nitrogen and oxygen atoms in total. The number of hydrogen-bond donors (Lipinski definition) is 2. The molecule has 2 aromatic rings. The van der Waals surface area contributed by atoms with Crippen molar-refractivity contribution in [3.05, 3.63) is 18.2 Å². The van der Waals surface area contributed by atoms with E-state index in [9.17, 15) is 5.11 Å². The van der Waals surface area contributed by atoms with Crippen molar-refractivity contribution in [1.82, 2.24) is 20.2 Å². The second kappa shape index (κ2) is 3.45. The van der Waals surface area contributed by atoms with Crippen molar-refractivity contribution in [3.8, 4) is 17.5 Å². The van der Waals surface area contributed by atoms with E-state index in [1.54, 1.807) is 19.2 Å². The maximum Gasteiger partial charge on any atom is 0.340 e. The van der Waals surface area contributed by atoms with Gasteiger partial charge in [0, 0.05) is 7.05 Å². The number of nitrogens with zero attached hydrogens (tertiary/aromatic N) is 4. The van der Waals surface area contributed by atoms with Crippen LogP contribution in [0.4, 0.5) is 5.69 Å². The van der Waals surface area contributed by atoms with Crippen molar-refractivity contribution in [2.75, 3.05) is 5.73 Å². The Balaban J connectivity index is 2.33. The molecular formula is C8H9N5O2. The maximum absolute atomic E-state index is 9.33. The van der Waals surface area contributed by atoms with Crippen LogP contribution in [0.2, 0.25) is 0 Å². The van der Waals surface area contributed by atoms with E-state index in [2.05, 4.69) is 15.5 Å². The van der Waals surface area contributed by atoms with Crippen molar-refractivity contribution in [2.45, 2.75) is 0 Å². The zero-order valence-electron chi connectivity index (χ0n) is 7.95. The van der Waals surface area contributed by atoms with E-state index >= 15 is 0 Å². The molecule has 3 N–H and O–H groups in total. The van der Waals surface area contributed by atoms with Gasteiger partial charge in [0.1, 0.15) is 11.4 Å². The Morgan fingerprint density at radius 1 is 1.47 bits per heavy atom. The lowest BCUT2D eigenvalue weighted by Crippen LogP contribution is -1.98. The van der Waals surface area contributed by atoms with Gasteiger partial charge in [-0.2, -0.15) is 4.68 Å². The number of aromatic nitrogens is 4. The number of phenols is 1. The number of aryl methyl sites for hydroxylation is 1. The molecule has 0 radical (unpaired) electrons. The molecule has 0 saturated heterocycles. The van der Waals surface area contributed by atoms with Crippen LogP contribution >= 0.6 is 0 Å². The molecule has 0 fully saturated rings. The van der Waals surface area contributed by atoms with Crippen LogP contribution in [0.1, 0.15) is 0 Å². The number of benzene rings is 1. The van der Waals surface area contributed by atoms with Crippen LogP contribution in [0.3, 0.4) is 0 Å². The molecule has 78 valence electrons. The summed E-state index contributed by atoms with van der Waals surface area (Å²) in [5, 5.41) is 20.0. The lowest BCUT2D eigenvalue weighted by atomic mass is 10.3. The predicted octanol–water partition coefficient (Wildman–Crippen LogP) is 0.290. The fourth-order valence-electron chi connectivity index (χ4n) is 1.03. The summed E-state index contributed by atoms with van der Waals surface area (Å²) in [5.41, 5.74) is 5.75. The highest BCUT2D eigenvalue weighted by Crippen LogP contribution is 2.32. The van der Waals surface area contributed by atoms with Crippen LogP contribution < -0.4 is 10.5 Å². The Morgan fingerprint density at radius 3 is 2.93 bits per heavy atom. The predicted molar refractivity (Wildman–Crippen MR) is 51.4 cm³/mol. The fraction of sp³-hybridized carbons (Fsp3) is 0.125. The molecule has 7 heteroatoms. The summed E-state index contributed by atoms with van der Waals surface area (Å²) in [6.07, 6.45) is 0. The molecular weight excluding hydrogens is 198 g/mol. The molecule has 15 heavy (non-hydrogen) atoms. The molecule has 0 bridgehead atoms. The normalized spacial score (nSPS) is 10.2. The average molecular weight is 207 g/mol. The van der Waals surface area contributed by atoms with Crippen LogP contribution in [0.5, 0.6) is 17.5 Å². The summed E-state index contributed by atoms with van der Waals surface area (Å²) in [4.78, 5) is 0. The van der Waals surface area contributed by atoms with E-state index in [1.165, 1.54) is 10.7 Å². The summed E-state index contributed by atoms with van der Waals surface area (Å²) in [5.74, 6) is 0.274. The van der Waals surface area contributed by atoms with Gasteiger partial charge < -0.3 is 15.6 Å². The summed E-state index contributed by atoms with van der Waals surface area (Å²) < 4.78 is 6.65. The third kappa shape index (κ3) is 1.66. The summed E-state index contributed by atoms with van der Waals surface area (Å²) in [6.45, 7) is 0. The lowest BCUT2D eigenvalue weighted by molar-refractivity contribution is 0.411. The third-order valence-electron chi connectivity index (χ3n) is 1.83. The maximum atomic E-state index is 9.33. The highest BCUT2D eigenvalue weighted by atomic mass is 16.5. The van der Waals surface area contributed by atoms with Crippen molar-refractivity contribution in [3.63, 3.8) is 0 Å². The van der Waals surface area contributed by atoms with E-state index in [4.69, 9.17) is 10.5 Å². The number of phenolic OH excluding ortho intramolecular Hbond substituents is 1. The van der Waals surface area contributed by atoms with Crippen LogP contribution in [0.25, 0.3) is 0 Å². The van der Waals surface area contributed by atoms with Crippen LogP contribution in [0.15, 0.2) is 18.2 Å². The van der Waals surface area contributed by atoms with E-state index < -0.39 is 0 Å². The minimum Gasteiger partial charge on any atom is -0.506 e. The van der Waals surface area contributed by atoms with Gasteiger partial charge >= 0.3 is 6.01 Å². The van der Waals surface area contributed by atoms with Crippen molar-refractivity contribution in [2.24, 2.45) is 7.05 Å². The Morgan fingerprint density at radius 2 is 2.27 bits per heavy atom. The number of anilines is 1. The van der Waals surface area contributed by atoms with E-state index in [0.717, 1.165) is 0 Å². The van der Waals surface area contributed by atoms with Gasteiger partial charge in [-0.05, 0) is 22.6 Å². The second-order valence-corrected chi connectivity index (χ2v) is 2.88. The Kier molecular flexibility index (Phi) is 2.13. The molecule has 0 atom stereocenters. The molecule has 1 heterocycles. The van der Waals surface area contributed by atoms with Gasteiger partial charge in [-0.25, -0.2) is 0 Å². The average Bonchev–Trinajstić information content (AvgIpc) is 2.60. The first-order valence-electron chi connectivity index (χ1n) is 4.16. The first-order valence-corrected chi connectivity index (χ1v) is 4.16. The molecule has 1 aromatic heterocycles. The third-order valence-corrected chi connectivity index (χ3v) is 1.83. The van der Waals surface area contributed by atoms with Gasteiger partial charge in [-0.1, -0.05) is 11.2 Å². The highest BCUT2D eigenvalue weighted by molar-refractivity contribution is 5.62. The number of ether oxygens (including phenoxy) is 1. The van der Waals surface area contributed by atoms with Crippen molar-refractivity contribution >= 4 is 5.69 Å². The molecule has 1 aromatic carbocycles. The van der Waals surface area contributed by atoms with E-state index in [-0.39, 0.29) is 17.4 Å². The number of para-hydroxylation sites is 1. The topological polar surface area (TPSA) is 99.1 Å². The minimum atomic E-state index is -0.0392. The number of hydrogen-bond acceptors (Lipinski definition) is 6. The smallest absolute Gasteiger partial charge is 0.340 e. The Labute approximate surface area is 85.1 Å². The van der Waals surface area contributed by atoms with Gasteiger partial charge in [0.05, 0.1) is 0 Å². The van der Waals surface area contributed by atoms with E-state index in [0.29, 0.717) is 5.75 Å². The van der Waals surface area contributed by atoms with Crippen LogP contribution in [0, 0.1) is 0 Å². The molecule has 0 aliphatic heterocycles. The van der Waals surface area contributed by atoms with Gasteiger partial charge in [-0.3, -0.25) is 0 Å². The molecule has 0 spiro atoms. The van der Waals surface area contributed by atoms with Crippen LogP contribution in [-0.2, 0) is 7.05 Å². The fourth-order valence-corrected chi connectivity index (χ4v) is 1.03. The zero-order chi connectivity index (χ0) is 10.8. The largest absolute Gasteiger partial charge is 0.506 e. The van der Waals surface area contributed by atoms with Gasteiger partial charge in [0.2, 0.25) is 0 Å². The summed E-state index contributed by atoms with van der Waals surface area (Å²) in [6, 6.07) is 4.90. The Hall–Kier alpha value is -2.31. The zero-order valence-corrected chi connectivity index (χ0v) is 7.95. The van der Waals surface area contributed by atoms with Crippen LogP contribution in [-0.4, -0.2) is 25.3 Å². The molecule has 2 rings (SSSR count). The van der Waals surface area contributed by atoms with Crippen molar-refractivity contribution in [1.29, 1.82) is 0 Å².